The Morgan fingerprint density at radius 1 is 1.33 bits per heavy atom. The first-order valence-electron chi connectivity index (χ1n) is 7.07. The Morgan fingerprint density at radius 2 is 2.14 bits per heavy atom. The van der Waals surface area contributed by atoms with Crippen molar-refractivity contribution in [3.05, 3.63) is 46.3 Å². The molecule has 0 unspecified atom stereocenters. The molecule has 7 heteroatoms. The molecule has 0 saturated carbocycles. The Balaban J connectivity index is 1.63. The molecule has 2 aliphatic rings. The van der Waals surface area contributed by atoms with E-state index in [1.807, 2.05) is 30.3 Å². The number of benzene rings is 1. The summed E-state index contributed by atoms with van der Waals surface area (Å²) in [6, 6.07) is 9.76. The van der Waals surface area contributed by atoms with Crippen molar-refractivity contribution in [3.8, 4) is 0 Å². The fraction of sp³-hybridized carbons (Fsp3) is 0.500. The summed E-state index contributed by atoms with van der Waals surface area (Å²) in [6.07, 6.45) is 1.73. The van der Waals surface area contributed by atoms with Crippen molar-refractivity contribution in [3.63, 3.8) is 0 Å². The van der Waals surface area contributed by atoms with Gasteiger partial charge in [0.05, 0.1) is 6.04 Å². The molecule has 7 nitrogen and oxygen atoms in total. The molecule has 2 saturated heterocycles. The lowest BCUT2D eigenvalue weighted by Crippen LogP contribution is -2.41. The van der Waals surface area contributed by atoms with Crippen LogP contribution in [0.3, 0.4) is 0 Å². The number of amides is 2. The fourth-order valence-corrected chi connectivity index (χ4v) is 2.92. The molecule has 21 heavy (non-hydrogen) atoms. The summed E-state index contributed by atoms with van der Waals surface area (Å²) in [5.74, 6) is 0. The van der Waals surface area contributed by atoms with Crippen LogP contribution in [0.15, 0.2) is 35.4 Å². The van der Waals surface area contributed by atoms with Gasteiger partial charge in [-0.25, -0.2) is 4.79 Å². The quantitative estimate of drug-likeness (QED) is 0.474. The van der Waals surface area contributed by atoms with E-state index < -0.39 is 0 Å². The van der Waals surface area contributed by atoms with Gasteiger partial charge in [0.25, 0.3) is 0 Å². The number of azide groups is 1. The average Bonchev–Trinajstić information content (AvgIpc) is 2.78. The third-order valence-electron chi connectivity index (χ3n) is 4.02. The topological polar surface area (TPSA) is 81.5 Å². The van der Waals surface area contributed by atoms with Crippen molar-refractivity contribution in [1.29, 1.82) is 0 Å². The van der Waals surface area contributed by atoms with E-state index in [9.17, 15) is 4.79 Å². The van der Waals surface area contributed by atoms with E-state index in [0.717, 1.165) is 18.4 Å². The van der Waals surface area contributed by atoms with Crippen LogP contribution in [0.4, 0.5) is 4.79 Å². The standard InChI is InChI=1S/C14H17N5O2/c15-17-16-8-12-6-7-13-9-18(12)14(20)19(13)21-10-11-4-2-1-3-5-11/h1-5,12-13H,6-10H2/t12-,13+/m0/s1. The molecule has 110 valence electrons. The van der Waals surface area contributed by atoms with Crippen molar-refractivity contribution >= 4 is 6.03 Å². The summed E-state index contributed by atoms with van der Waals surface area (Å²) in [5, 5.41) is 5.08. The minimum absolute atomic E-state index is 0.00465. The molecule has 0 radical (unpaired) electrons. The number of nitrogens with zero attached hydrogens (tertiary/aromatic N) is 5. The molecule has 0 spiro atoms. The van der Waals surface area contributed by atoms with E-state index in [4.69, 9.17) is 10.4 Å². The third-order valence-corrected chi connectivity index (χ3v) is 4.02. The summed E-state index contributed by atoms with van der Waals surface area (Å²) < 4.78 is 0. The molecule has 1 aromatic rings. The number of hydrogen-bond donors (Lipinski definition) is 0. The van der Waals surface area contributed by atoms with Gasteiger partial charge in [0.1, 0.15) is 6.61 Å². The lowest BCUT2D eigenvalue weighted by molar-refractivity contribution is -0.140. The normalized spacial score (nSPS) is 24.1. The smallest absolute Gasteiger partial charge is 0.318 e. The van der Waals surface area contributed by atoms with E-state index in [-0.39, 0.29) is 18.1 Å². The second-order valence-corrected chi connectivity index (χ2v) is 5.32. The van der Waals surface area contributed by atoms with Crippen LogP contribution in [-0.4, -0.2) is 41.2 Å². The zero-order valence-electron chi connectivity index (χ0n) is 11.6. The van der Waals surface area contributed by atoms with Crippen LogP contribution >= 0.6 is 0 Å². The highest BCUT2D eigenvalue weighted by Gasteiger charge is 2.45. The van der Waals surface area contributed by atoms with E-state index >= 15 is 0 Å². The highest BCUT2D eigenvalue weighted by atomic mass is 16.7. The van der Waals surface area contributed by atoms with Crippen LogP contribution in [0.1, 0.15) is 18.4 Å². The molecular formula is C14H17N5O2. The maximum absolute atomic E-state index is 12.4. The second-order valence-electron chi connectivity index (χ2n) is 5.32. The highest BCUT2D eigenvalue weighted by molar-refractivity contribution is 5.77. The van der Waals surface area contributed by atoms with Crippen molar-refractivity contribution in [2.24, 2.45) is 5.11 Å². The number of urea groups is 1. The molecule has 2 bridgehead atoms. The minimum Gasteiger partial charge on any atom is -0.318 e. The molecule has 0 N–H and O–H groups in total. The zero-order chi connectivity index (χ0) is 14.7. The van der Waals surface area contributed by atoms with E-state index in [1.165, 1.54) is 5.06 Å². The number of hydroxylamine groups is 2. The molecule has 0 aromatic heterocycles. The van der Waals surface area contributed by atoms with Gasteiger partial charge in [0.15, 0.2) is 0 Å². The molecule has 3 rings (SSSR count). The average molecular weight is 287 g/mol. The van der Waals surface area contributed by atoms with Gasteiger partial charge < -0.3 is 4.90 Å². The Hall–Kier alpha value is -2.24. The molecular weight excluding hydrogens is 270 g/mol. The van der Waals surface area contributed by atoms with Crippen LogP contribution in [0, 0.1) is 0 Å². The van der Waals surface area contributed by atoms with Crippen LogP contribution < -0.4 is 0 Å². The van der Waals surface area contributed by atoms with Gasteiger partial charge in [-0.05, 0) is 23.9 Å². The summed E-state index contributed by atoms with van der Waals surface area (Å²) in [7, 11) is 0. The van der Waals surface area contributed by atoms with Gasteiger partial charge in [-0.2, -0.15) is 5.06 Å². The number of carbonyl (C=O) groups excluding carboxylic acids is 1. The third kappa shape index (κ3) is 2.79. The SMILES string of the molecule is [N-]=[N+]=NC[C@@H]1CC[C@@H]2CN1C(=O)N2OCc1ccccc1. The Morgan fingerprint density at radius 3 is 2.90 bits per heavy atom. The molecule has 2 atom stereocenters. The highest BCUT2D eigenvalue weighted by Crippen LogP contribution is 2.30. The van der Waals surface area contributed by atoms with Gasteiger partial charge in [-0.1, -0.05) is 35.4 Å². The van der Waals surface area contributed by atoms with E-state index in [1.54, 1.807) is 4.90 Å². The van der Waals surface area contributed by atoms with Gasteiger partial charge in [0.2, 0.25) is 0 Å². The monoisotopic (exact) mass is 287 g/mol. The second kappa shape index (κ2) is 6.03. The largest absolute Gasteiger partial charge is 0.344 e. The van der Waals surface area contributed by atoms with Crippen molar-refractivity contribution < 1.29 is 9.63 Å². The van der Waals surface area contributed by atoms with E-state index in [2.05, 4.69) is 10.0 Å². The van der Waals surface area contributed by atoms with Crippen LogP contribution in [0.2, 0.25) is 0 Å². The first kappa shape index (κ1) is 13.7. The lowest BCUT2D eigenvalue weighted by Gasteiger charge is -2.29. The molecule has 2 fully saturated rings. The predicted molar refractivity (Wildman–Crippen MR) is 76.0 cm³/mol. The number of carbonyl (C=O) groups is 1. The summed E-state index contributed by atoms with van der Waals surface area (Å²) >= 11 is 0. The van der Waals surface area contributed by atoms with Crippen LogP contribution in [0.25, 0.3) is 10.4 Å². The fourth-order valence-electron chi connectivity index (χ4n) is 2.92. The maximum atomic E-state index is 12.4. The number of rotatable bonds is 5. The molecule has 2 heterocycles. The first-order chi connectivity index (χ1) is 10.3. The van der Waals surface area contributed by atoms with Crippen molar-refractivity contribution in [1.82, 2.24) is 9.96 Å². The van der Waals surface area contributed by atoms with Crippen LogP contribution in [-0.2, 0) is 11.4 Å². The number of piperidine rings is 1. The van der Waals surface area contributed by atoms with Crippen molar-refractivity contribution in [2.75, 3.05) is 13.1 Å². The van der Waals surface area contributed by atoms with Gasteiger partial charge in [-0.15, -0.1) is 0 Å². The Kier molecular flexibility index (Phi) is 3.94. The summed E-state index contributed by atoms with van der Waals surface area (Å²) in [4.78, 5) is 22.6. The Labute approximate surface area is 122 Å². The number of fused-ring (bicyclic) bond motifs is 2. The first-order valence-corrected chi connectivity index (χ1v) is 7.07. The zero-order valence-corrected chi connectivity index (χ0v) is 11.6. The summed E-state index contributed by atoms with van der Waals surface area (Å²) in [5.41, 5.74) is 9.45. The minimum atomic E-state index is -0.119. The maximum Gasteiger partial charge on any atom is 0.344 e. The van der Waals surface area contributed by atoms with Gasteiger partial charge in [-0.3, -0.25) is 4.84 Å². The van der Waals surface area contributed by atoms with Crippen molar-refractivity contribution in [2.45, 2.75) is 31.5 Å². The molecule has 0 aliphatic carbocycles. The lowest BCUT2D eigenvalue weighted by atomic mass is 10.0. The van der Waals surface area contributed by atoms with Crippen LogP contribution in [0.5, 0.6) is 0 Å². The van der Waals surface area contributed by atoms with Gasteiger partial charge in [0, 0.05) is 24.0 Å². The molecule has 2 aliphatic heterocycles. The number of hydrogen-bond acceptors (Lipinski definition) is 3. The predicted octanol–water partition coefficient (Wildman–Crippen LogP) is 2.70. The van der Waals surface area contributed by atoms with Gasteiger partial charge >= 0.3 is 6.03 Å². The molecule has 2 amide bonds. The summed E-state index contributed by atoms with van der Waals surface area (Å²) in [6.45, 7) is 1.37. The molecule has 1 aromatic carbocycles. The Bertz CT molecular complexity index is 558. The van der Waals surface area contributed by atoms with E-state index in [0.29, 0.717) is 19.7 Å².